The fraction of sp³-hybridized carbons (Fsp3) is 0.674. The van der Waals surface area contributed by atoms with Gasteiger partial charge in [-0.15, -0.1) is 23.2 Å². The van der Waals surface area contributed by atoms with Crippen LogP contribution < -0.4 is 44.1 Å². The summed E-state index contributed by atoms with van der Waals surface area (Å²) in [7, 11) is 1.75. The summed E-state index contributed by atoms with van der Waals surface area (Å²) in [5.74, 6) is 0.995. The van der Waals surface area contributed by atoms with E-state index in [1.807, 2.05) is 50.2 Å². The van der Waals surface area contributed by atoms with E-state index in [1.165, 1.54) is 20.8 Å². The van der Waals surface area contributed by atoms with Crippen LogP contribution in [0.5, 0.6) is 11.5 Å². The van der Waals surface area contributed by atoms with Crippen molar-refractivity contribution in [2.75, 3.05) is 46.0 Å². The molecule has 6 rings (SSSR count). The van der Waals surface area contributed by atoms with E-state index < -0.39 is 79.8 Å². The van der Waals surface area contributed by atoms with Crippen molar-refractivity contribution in [1.29, 1.82) is 0 Å². The van der Waals surface area contributed by atoms with Crippen LogP contribution in [-0.2, 0) is 47.5 Å². The molecule has 0 aromatic heterocycles. The summed E-state index contributed by atoms with van der Waals surface area (Å²) in [6.07, 6.45) is -12.0. The van der Waals surface area contributed by atoms with Crippen molar-refractivity contribution < 1.29 is 133 Å². The molecule has 21 nitrogen and oxygen atoms in total. The van der Waals surface area contributed by atoms with Crippen LogP contribution in [0.15, 0.2) is 48.5 Å². The molecule has 412 valence electrons. The van der Waals surface area contributed by atoms with Crippen molar-refractivity contribution in [3.63, 3.8) is 0 Å². The van der Waals surface area contributed by atoms with Gasteiger partial charge in [0.1, 0.15) is 48.1 Å². The van der Waals surface area contributed by atoms with Crippen molar-refractivity contribution in [2.24, 2.45) is 23.7 Å². The fourth-order valence-corrected chi connectivity index (χ4v) is 6.89. The third-order valence-electron chi connectivity index (χ3n) is 10.4. The second-order valence-corrected chi connectivity index (χ2v) is 18.9. The monoisotopic (exact) mass is 1310 g/mol. The van der Waals surface area contributed by atoms with Crippen molar-refractivity contribution in [3.8, 4) is 11.5 Å². The molecule has 0 aliphatic carbocycles. The predicted octanol–water partition coefficient (Wildman–Crippen LogP) is -0.487. The first kappa shape index (κ1) is 75.2. The number of rotatable bonds is 7. The molecular formula is C46H73Cl2I2NaO21. The van der Waals surface area contributed by atoms with Crippen LogP contribution >= 0.6 is 68.4 Å². The largest absolute Gasteiger partial charge is 1.00 e. The van der Waals surface area contributed by atoms with Crippen LogP contribution in [0.1, 0.15) is 55.9 Å². The standard InChI is InChI=1S/C15H19IO4.C11H13IO5.C11H18O5.C5H10O5.CH2Cl2.CH4O.CH3O.CH4.Na/c1-9-8-18-15(14(10(9)2)19-11(3)17)20-13-6-4-12(16)5-7-13;12-6-1-3-7(4-2-6)17-11-10(15)9(14)8(13)5-16-11;1-6-5-14-11(16-9(4)13)10(7(6)2)15-8(3)12;6-2-1-10-5(9)4(8)3(2)7;2-1-3;2*1-2;;/h4-7,9-10,14-15H,8H2,1-3H3;1-4,8-11,13-15H,5H2;6-7,10-11H,5H2,1-4H3;2-9H,1H2;1H2;2H,1H3;1H3;1H4;/q;;;;;;-1;;+1. The average Bonchev–Trinajstić information content (AvgIpc) is 3.32. The van der Waals surface area contributed by atoms with Gasteiger partial charge in [-0.05, 0) is 106 Å². The number of carbonyl (C=O) groups excluding carboxylic acids is 3. The Bertz CT molecular complexity index is 1720. The van der Waals surface area contributed by atoms with Gasteiger partial charge in [0, 0.05) is 46.9 Å². The molecule has 4 saturated heterocycles. The molecule has 0 bridgehead atoms. The van der Waals surface area contributed by atoms with E-state index in [0.29, 0.717) is 30.6 Å². The minimum absolute atomic E-state index is 0. The van der Waals surface area contributed by atoms with Crippen molar-refractivity contribution in [1.82, 2.24) is 0 Å². The smallest absolute Gasteiger partial charge is 0.857 e. The molecular weight excluding hydrogens is 1240 g/mol. The molecule has 26 heteroatoms. The number of esters is 3. The molecule has 0 radical (unpaired) electrons. The number of hydrogen-bond donors (Lipinski definition) is 8. The van der Waals surface area contributed by atoms with E-state index in [0.717, 1.165) is 21.4 Å². The Morgan fingerprint density at radius 2 is 0.875 bits per heavy atom. The van der Waals surface area contributed by atoms with E-state index in [2.05, 4.69) is 63.8 Å². The summed E-state index contributed by atoms with van der Waals surface area (Å²) >= 11 is 13.9. The summed E-state index contributed by atoms with van der Waals surface area (Å²) in [5, 5.41) is 79.1. The van der Waals surface area contributed by atoms with E-state index in [9.17, 15) is 29.7 Å². The van der Waals surface area contributed by atoms with Gasteiger partial charge in [0.15, 0.2) is 18.5 Å². The molecule has 0 spiro atoms. The van der Waals surface area contributed by atoms with E-state index in [1.54, 1.807) is 12.1 Å². The molecule has 2 aromatic rings. The van der Waals surface area contributed by atoms with Crippen LogP contribution in [0.3, 0.4) is 0 Å². The Morgan fingerprint density at radius 3 is 1.25 bits per heavy atom. The number of carbonyl (C=O) groups is 3. The summed E-state index contributed by atoms with van der Waals surface area (Å²) < 4.78 is 49.6. The maximum atomic E-state index is 11.3. The van der Waals surface area contributed by atoms with Gasteiger partial charge < -0.3 is 88.6 Å². The number of alkyl halides is 2. The first-order chi connectivity index (χ1) is 33.0. The number of benzene rings is 2. The maximum Gasteiger partial charge on any atom is 1.00 e. The van der Waals surface area contributed by atoms with E-state index in [4.69, 9.17) is 91.7 Å². The van der Waals surface area contributed by atoms with Gasteiger partial charge in [0.25, 0.3) is 0 Å². The van der Waals surface area contributed by atoms with Crippen LogP contribution in [0.2, 0.25) is 0 Å². The van der Waals surface area contributed by atoms with E-state index in [-0.39, 0.29) is 85.4 Å². The predicted molar refractivity (Wildman–Crippen MR) is 274 cm³/mol. The second-order valence-electron chi connectivity index (χ2n) is 15.6. The third-order valence-corrected chi connectivity index (χ3v) is 11.8. The summed E-state index contributed by atoms with van der Waals surface area (Å²) in [4.78, 5) is 33.1. The van der Waals surface area contributed by atoms with Gasteiger partial charge in [0.05, 0.1) is 31.8 Å². The van der Waals surface area contributed by atoms with Crippen molar-refractivity contribution in [2.45, 2.75) is 130 Å². The van der Waals surface area contributed by atoms with Crippen LogP contribution in [0.4, 0.5) is 0 Å². The van der Waals surface area contributed by atoms with Gasteiger partial charge in [-0.3, -0.25) is 14.4 Å². The molecule has 72 heavy (non-hydrogen) atoms. The Balaban J connectivity index is -0.000000853. The Morgan fingerprint density at radius 1 is 0.556 bits per heavy atom. The summed E-state index contributed by atoms with van der Waals surface area (Å²) in [6, 6.07) is 14.9. The minimum atomic E-state index is -1.41. The third kappa shape index (κ3) is 27.8. The van der Waals surface area contributed by atoms with Crippen molar-refractivity contribution in [3.05, 3.63) is 55.7 Å². The molecule has 16 atom stereocenters. The number of aliphatic hydroxyl groups is 8. The minimum Gasteiger partial charge on any atom is -0.857 e. The first-order valence-electron chi connectivity index (χ1n) is 21.6. The first-order valence-corrected chi connectivity index (χ1v) is 24.8. The Hall–Kier alpha value is -1.03. The quantitative estimate of drug-likeness (QED) is 0.0570. The Kier molecular flexibility index (Phi) is 43.0. The molecule has 2 aromatic carbocycles. The van der Waals surface area contributed by atoms with Crippen LogP contribution in [0, 0.1) is 30.8 Å². The average molecular weight is 1310 g/mol. The maximum absolute atomic E-state index is 11.3. The van der Waals surface area contributed by atoms with Gasteiger partial charge in [-0.25, -0.2) is 0 Å². The normalized spacial score (nSPS) is 31.0. The van der Waals surface area contributed by atoms with Gasteiger partial charge in [-0.2, -0.15) is 7.11 Å². The molecule has 8 N–H and O–H groups in total. The molecule has 4 fully saturated rings. The summed E-state index contributed by atoms with van der Waals surface area (Å²) in [6.45, 7) is 13.0. The van der Waals surface area contributed by atoms with Gasteiger partial charge >= 0.3 is 47.5 Å². The van der Waals surface area contributed by atoms with Gasteiger partial charge in [0.2, 0.25) is 18.9 Å². The zero-order valence-electron chi connectivity index (χ0n) is 41.3. The summed E-state index contributed by atoms with van der Waals surface area (Å²) in [5.41, 5.74) is 0. The molecule has 4 heterocycles. The molecule has 4 aliphatic rings. The SMILES string of the molecule is C.CC(=O)OC1C(Oc2ccc(I)cc2)OCC(C)C1C.CC(=O)OC1OCC(C)C(C)C1OC(C)=O.CO.C[O-].ClCCl.OC1COC(O)C(O)C1O.OC1COC(Oc2ccc(I)cc2)C(O)C1O.[Na+]. The molecule has 16 unspecified atom stereocenters. The molecule has 4 aliphatic heterocycles. The number of hydrogen-bond acceptors (Lipinski definition) is 21. The van der Waals surface area contributed by atoms with Crippen LogP contribution in [-0.4, -0.2) is 179 Å². The van der Waals surface area contributed by atoms with Gasteiger partial charge in [-0.1, -0.05) is 35.1 Å². The van der Waals surface area contributed by atoms with E-state index >= 15 is 0 Å². The number of aliphatic hydroxyl groups excluding tert-OH is 8. The fourth-order valence-electron chi connectivity index (χ4n) is 6.17. The molecule has 0 saturated carbocycles. The zero-order chi connectivity index (χ0) is 53.8. The topological polar surface area (TPSA) is 319 Å². The Labute approximate surface area is 481 Å². The van der Waals surface area contributed by atoms with Crippen molar-refractivity contribution >= 4 is 86.3 Å². The molecule has 0 amide bonds. The number of halogens is 4. The second kappa shape index (κ2) is 41.1. The van der Waals surface area contributed by atoms with Crippen LogP contribution in [0.25, 0.3) is 0 Å². The number of ether oxygens (including phenoxy) is 9. The zero-order valence-corrected chi connectivity index (χ0v) is 49.1.